The molecule has 0 unspecified atom stereocenters. The van der Waals surface area contributed by atoms with Gasteiger partial charge in [-0.15, -0.1) is 5.48 Å². The van der Waals surface area contributed by atoms with Crippen molar-refractivity contribution in [2.45, 2.75) is 6.92 Å². The van der Waals surface area contributed by atoms with E-state index >= 15 is 0 Å². The number of ether oxygens (including phenoxy) is 1. The normalized spacial score (nSPS) is 9.65. The second-order valence-corrected chi connectivity index (χ2v) is 4.01. The molecule has 102 valence electrons. The third-order valence-corrected chi connectivity index (χ3v) is 2.55. The Labute approximate surface area is 116 Å². The smallest absolute Gasteiger partial charge is 0.408 e. The molecule has 0 aromatic heterocycles. The SMILES string of the molecule is Cc1ccccc1C(=O)ONC(=O)Oc1ccccc1. The Bertz CT molecular complexity index is 610. The molecule has 0 aliphatic rings. The lowest BCUT2D eigenvalue weighted by molar-refractivity contribution is 0.0275. The average molecular weight is 271 g/mol. The molecule has 0 saturated carbocycles. The van der Waals surface area contributed by atoms with Crippen LogP contribution in [-0.2, 0) is 4.84 Å². The van der Waals surface area contributed by atoms with Crippen molar-refractivity contribution in [2.75, 3.05) is 0 Å². The van der Waals surface area contributed by atoms with Crippen LogP contribution in [0, 0.1) is 6.92 Å². The van der Waals surface area contributed by atoms with Gasteiger partial charge in [0.15, 0.2) is 0 Å². The Morgan fingerprint density at radius 1 is 0.950 bits per heavy atom. The molecular formula is C15H13NO4. The number of rotatable bonds is 2. The fraction of sp³-hybridized carbons (Fsp3) is 0.0667. The number of benzene rings is 2. The third-order valence-electron chi connectivity index (χ3n) is 2.55. The molecule has 0 aliphatic carbocycles. The predicted molar refractivity (Wildman–Crippen MR) is 72.2 cm³/mol. The highest BCUT2D eigenvalue weighted by Gasteiger charge is 2.12. The van der Waals surface area contributed by atoms with Crippen LogP contribution in [0.4, 0.5) is 4.79 Å². The molecule has 0 spiro atoms. The second kappa shape index (κ2) is 6.38. The predicted octanol–water partition coefficient (Wildman–Crippen LogP) is 2.86. The second-order valence-electron chi connectivity index (χ2n) is 4.01. The van der Waals surface area contributed by atoms with Gasteiger partial charge in [0, 0.05) is 0 Å². The average Bonchev–Trinajstić information content (AvgIpc) is 2.46. The number of nitrogens with one attached hydrogen (secondary N) is 1. The fourth-order valence-electron chi connectivity index (χ4n) is 1.56. The van der Waals surface area contributed by atoms with E-state index in [4.69, 9.17) is 4.74 Å². The summed E-state index contributed by atoms with van der Waals surface area (Å²) in [6.45, 7) is 1.78. The summed E-state index contributed by atoms with van der Waals surface area (Å²) in [6.07, 6.45) is -0.863. The number of hydrogen-bond acceptors (Lipinski definition) is 4. The summed E-state index contributed by atoms with van der Waals surface area (Å²) in [4.78, 5) is 27.8. The molecule has 0 heterocycles. The highest BCUT2D eigenvalue weighted by Crippen LogP contribution is 2.09. The monoisotopic (exact) mass is 271 g/mol. The van der Waals surface area contributed by atoms with Crippen LogP contribution < -0.4 is 10.2 Å². The molecule has 1 amide bonds. The number of hydroxylamine groups is 1. The van der Waals surface area contributed by atoms with E-state index in [0.29, 0.717) is 11.3 Å². The van der Waals surface area contributed by atoms with Gasteiger partial charge in [0.2, 0.25) is 0 Å². The minimum atomic E-state index is -0.863. The molecule has 20 heavy (non-hydrogen) atoms. The van der Waals surface area contributed by atoms with Crippen LogP contribution in [0.25, 0.3) is 0 Å². The van der Waals surface area contributed by atoms with Crippen molar-refractivity contribution in [3.8, 4) is 5.75 Å². The standard InChI is InChI=1S/C15H13NO4/c1-11-7-5-6-10-13(11)14(17)20-16-15(18)19-12-8-3-2-4-9-12/h2-10H,1H3,(H,16,18). The molecule has 2 aromatic carbocycles. The van der Waals surface area contributed by atoms with Gasteiger partial charge in [-0.05, 0) is 30.7 Å². The van der Waals surface area contributed by atoms with E-state index in [1.165, 1.54) is 0 Å². The van der Waals surface area contributed by atoms with E-state index in [0.717, 1.165) is 5.56 Å². The summed E-state index contributed by atoms with van der Waals surface area (Å²) in [6, 6.07) is 15.4. The molecule has 0 atom stereocenters. The Balaban J connectivity index is 1.88. The van der Waals surface area contributed by atoms with Crippen molar-refractivity contribution in [1.82, 2.24) is 5.48 Å². The first-order valence-corrected chi connectivity index (χ1v) is 5.96. The van der Waals surface area contributed by atoms with Gasteiger partial charge in [0.1, 0.15) is 5.75 Å². The minimum Gasteiger partial charge on any atom is -0.408 e. The van der Waals surface area contributed by atoms with Gasteiger partial charge in [0.25, 0.3) is 0 Å². The molecule has 2 rings (SSSR count). The minimum absolute atomic E-state index is 0.358. The zero-order chi connectivity index (χ0) is 14.4. The summed E-state index contributed by atoms with van der Waals surface area (Å²) < 4.78 is 4.90. The lowest BCUT2D eigenvalue weighted by atomic mass is 10.1. The van der Waals surface area contributed by atoms with E-state index < -0.39 is 12.1 Å². The Hall–Kier alpha value is -2.82. The molecule has 0 bridgehead atoms. The number of aryl methyl sites for hydroxylation is 1. The van der Waals surface area contributed by atoms with Crippen LogP contribution >= 0.6 is 0 Å². The molecule has 0 radical (unpaired) electrons. The molecular weight excluding hydrogens is 258 g/mol. The van der Waals surface area contributed by atoms with Crippen LogP contribution in [0.15, 0.2) is 54.6 Å². The van der Waals surface area contributed by atoms with Gasteiger partial charge in [0.05, 0.1) is 5.56 Å². The Morgan fingerprint density at radius 3 is 2.30 bits per heavy atom. The Kier molecular flexibility index (Phi) is 4.34. The third kappa shape index (κ3) is 3.58. The van der Waals surface area contributed by atoms with Crippen LogP contribution in [0.2, 0.25) is 0 Å². The summed E-state index contributed by atoms with van der Waals surface area (Å²) in [5, 5.41) is 0. The first kappa shape index (κ1) is 13.6. The summed E-state index contributed by atoms with van der Waals surface area (Å²) >= 11 is 0. The van der Waals surface area contributed by atoms with Crippen LogP contribution in [0.5, 0.6) is 5.75 Å². The van der Waals surface area contributed by atoms with E-state index in [-0.39, 0.29) is 0 Å². The summed E-state index contributed by atoms with van der Waals surface area (Å²) in [5.74, 6) is -0.287. The quantitative estimate of drug-likeness (QED) is 0.853. The van der Waals surface area contributed by atoms with Gasteiger partial charge >= 0.3 is 12.1 Å². The van der Waals surface area contributed by atoms with E-state index in [9.17, 15) is 9.59 Å². The van der Waals surface area contributed by atoms with Crippen LogP contribution in [0.3, 0.4) is 0 Å². The lowest BCUT2D eigenvalue weighted by Crippen LogP contribution is -2.30. The summed E-state index contributed by atoms with van der Waals surface area (Å²) in [5.41, 5.74) is 3.09. The number of hydrogen-bond donors (Lipinski definition) is 1. The maximum atomic E-state index is 11.7. The number of carbonyl (C=O) groups excluding carboxylic acids is 2. The molecule has 0 fully saturated rings. The highest BCUT2D eigenvalue weighted by molar-refractivity contribution is 5.91. The maximum Gasteiger partial charge on any atom is 0.446 e. The van der Waals surface area contributed by atoms with E-state index in [1.54, 1.807) is 55.5 Å². The number of para-hydroxylation sites is 1. The Morgan fingerprint density at radius 2 is 1.60 bits per heavy atom. The van der Waals surface area contributed by atoms with Crippen molar-refractivity contribution in [3.05, 3.63) is 65.7 Å². The van der Waals surface area contributed by atoms with E-state index in [1.807, 2.05) is 11.5 Å². The molecule has 5 heteroatoms. The van der Waals surface area contributed by atoms with Crippen molar-refractivity contribution >= 4 is 12.1 Å². The van der Waals surface area contributed by atoms with Gasteiger partial charge in [-0.25, -0.2) is 9.59 Å². The summed E-state index contributed by atoms with van der Waals surface area (Å²) in [7, 11) is 0. The van der Waals surface area contributed by atoms with E-state index in [2.05, 4.69) is 4.84 Å². The van der Waals surface area contributed by atoms with Gasteiger partial charge in [-0.2, -0.15) is 0 Å². The van der Waals surface area contributed by atoms with Gasteiger partial charge < -0.3 is 9.57 Å². The fourth-order valence-corrected chi connectivity index (χ4v) is 1.56. The first-order chi connectivity index (χ1) is 9.66. The van der Waals surface area contributed by atoms with Gasteiger partial charge in [-0.3, -0.25) is 0 Å². The molecule has 0 aliphatic heterocycles. The van der Waals surface area contributed by atoms with Crippen LogP contribution in [0.1, 0.15) is 15.9 Å². The first-order valence-electron chi connectivity index (χ1n) is 5.96. The highest BCUT2D eigenvalue weighted by atomic mass is 16.7. The lowest BCUT2D eigenvalue weighted by Gasteiger charge is -2.07. The number of carbonyl (C=O) groups is 2. The molecule has 5 nitrogen and oxygen atoms in total. The topological polar surface area (TPSA) is 64.6 Å². The van der Waals surface area contributed by atoms with Gasteiger partial charge in [-0.1, -0.05) is 36.4 Å². The molecule has 2 aromatic rings. The van der Waals surface area contributed by atoms with Crippen molar-refractivity contribution in [1.29, 1.82) is 0 Å². The van der Waals surface area contributed by atoms with Crippen LogP contribution in [-0.4, -0.2) is 12.1 Å². The zero-order valence-corrected chi connectivity index (χ0v) is 10.8. The zero-order valence-electron chi connectivity index (χ0n) is 10.8. The largest absolute Gasteiger partial charge is 0.446 e. The van der Waals surface area contributed by atoms with Crippen molar-refractivity contribution in [2.24, 2.45) is 0 Å². The maximum absolute atomic E-state index is 11.7. The van der Waals surface area contributed by atoms with Crippen molar-refractivity contribution in [3.63, 3.8) is 0 Å². The van der Waals surface area contributed by atoms with Crippen molar-refractivity contribution < 1.29 is 19.2 Å². The number of amides is 1. The molecule has 1 N–H and O–H groups in total. The molecule has 0 saturated heterocycles.